The fraction of sp³-hybridized carbons (Fsp3) is 0.143. The van der Waals surface area contributed by atoms with Crippen molar-refractivity contribution in [2.75, 3.05) is 5.32 Å². The van der Waals surface area contributed by atoms with Crippen LogP contribution in [-0.2, 0) is 11.3 Å². The first-order valence-electron chi connectivity index (χ1n) is 9.06. The molecule has 1 aromatic carbocycles. The van der Waals surface area contributed by atoms with Gasteiger partial charge in [0.15, 0.2) is 10.9 Å². The lowest BCUT2D eigenvalue weighted by Crippen LogP contribution is -2.18. The van der Waals surface area contributed by atoms with Gasteiger partial charge >= 0.3 is 0 Å². The third-order valence-electron chi connectivity index (χ3n) is 4.36. The summed E-state index contributed by atoms with van der Waals surface area (Å²) < 4.78 is 5.70. The Morgan fingerprint density at radius 2 is 2.00 bits per heavy atom. The number of aromatic nitrogens is 2. The molecule has 2 amide bonds. The maximum Gasteiger partial charge on any atom is 0.259 e. The molecule has 2 N–H and O–H groups in total. The molecular weight excluding hydrogens is 424 g/mol. The Kier molecular flexibility index (Phi) is 5.52. The SMILES string of the molecule is CC(=O)NCc1ccc(-c2csc(NC(=O)c3cc4cc(Cl)ccc4nc3C)n2)o1. The van der Waals surface area contributed by atoms with Crippen molar-refractivity contribution in [3.63, 3.8) is 0 Å². The molecule has 0 aliphatic rings. The Morgan fingerprint density at radius 1 is 1.17 bits per heavy atom. The van der Waals surface area contributed by atoms with Crippen molar-refractivity contribution in [3.05, 3.63) is 63.8 Å². The van der Waals surface area contributed by atoms with Crippen LogP contribution in [0.3, 0.4) is 0 Å². The predicted molar refractivity (Wildman–Crippen MR) is 117 cm³/mol. The van der Waals surface area contributed by atoms with E-state index in [-0.39, 0.29) is 11.8 Å². The maximum atomic E-state index is 12.8. The molecule has 9 heteroatoms. The fourth-order valence-electron chi connectivity index (χ4n) is 2.90. The number of amides is 2. The van der Waals surface area contributed by atoms with Crippen LogP contribution in [0.15, 0.2) is 46.2 Å². The van der Waals surface area contributed by atoms with E-state index >= 15 is 0 Å². The zero-order valence-electron chi connectivity index (χ0n) is 16.2. The predicted octanol–water partition coefficient (Wildman–Crippen LogP) is 4.80. The third-order valence-corrected chi connectivity index (χ3v) is 5.36. The molecular formula is C21H17ClN4O3S. The Hall–Kier alpha value is -3.23. The highest BCUT2D eigenvalue weighted by atomic mass is 35.5. The first-order valence-corrected chi connectivity index (χ1v) is 10.3. The van der Waals surface area contributed by atoms with E-state index in [2.05, 4.69) is 20.6 Å². The number of furan rings is 1. The normalized spacial score (nSPS) is 10.9. The van der Waals surface area contributed by atoms with Crippen LogP contribution >= 0.6 is 22.9 Å². The Bertz CT molecular complexity index is 1260. The molecule has 0 fully saturated rings. The van der Waals surface area contributed by atoms with Crippen molar-refractivity contribution < 1.29 is 14.0 Å². The molecule has 4 rings (SSSR count). The number of nitrogens with one attached hydrogen (secondary N) is 2. The molecule has 0 atom stereocenters. The zero-order valence-corrected chi connectivity index (χ0v) is 17.7. The van der Waals surface area contributed by atoms with Gasteiger partial charge in [-0.25, -0.2) is 4.98 Å². The smallest absolute Gasteiger partial charge is 0.259 e. The summed E-state index contributed by atoms with van der Waals surface area (Å²) in [6, 6.07) is 10.7. The van der Waals surface area contributed by atoms with Gasteiger partial charge in [-0.05, 0) is 43.3 Å². The number of pyridine rings is 1. The van der Waals surface area contributed by atoms with Crippen molar-refractivity contribution in [2.45, 2.75) is 20.4 Å². The van der Waals surface area contributed by atoms with Crippen LogP contribution in [0.2, 0.25) is 5.02 Å². The molecule has 0 aliphatic heterocycles. The van der Waals surface area contributed by atoms with Crippen molar-refractivity contribution in [3.8, 4) is 11.5 Å². The number of rotatable bonds is 5. The van der Waals surface area contributed by atoms with Crippen molar-refractivity contribution in [2.24, 2.45) is 0 Å². The number of carbonyl (C=O) groups excluding carboxylic acids is 2. The standard InChI is InChI=1S/C21H17ClN4O3S/c1-11-16(8-13-7-14(22)3-5-17(13)24-11)20(28)26-21-25-18(10-30-21)19-6-4-15(29-19)9-23-12(2)27/h3-8,10H,9H2,1-2H3,(H,23,27)(H,25,26,28). The van der Waals surface area contributed by atoms with E-state index in [0.29, 0.717) is 45.2 Å². The summed E-state index contributed by atoms with van der Waals surface area (Å²) in [4.78, 5) is 32.7. The minimum absolute atomic E-state index is 0.132. The lowest BCUT2D eigenvalue weighted by molar-refractivity contribution is -0.119. The molecule has 30 heavy (non-hydrogen) atoms. The van der Waals surface area contributed by atoms with Gasteiger partial charge in [-0.1, -0.05) is 11.6 Å². The lowest BCUT2D eigenvalue weighted by Gasteiger charge is -2.07. The number of aryl methyl sites for hydroxylation is 1. The molecule has 7 nitrogen and oxygen atoms in total. The topological polar surface area (TPSA) is 97.1 Å². The monoisotopic (exact) mass is 440 g/mol. The van der Waals surface area contributed by atoms with Crippen LogP contribution in [0, 0.1) is 6.92 Å². The second kappa shape index (κ2) is 8.25. The van der Waals surface area contributed by atoms with Crippen molar-refractivity contribution >= 4 is 50.8 Å². The van der Waals surface area contributed by atoms with E-state index < -0.39 is 0 Å². The van der Waals surface area contributed by atoms with E-state index in [9.17, 15) is 9.59 Å². The van der Waals surface area contributed by atoms with Crippen LogP contribution < -0.4 is 10.6 Å². The van der Waals surface area contributed by atoms with Crippen LogP contribution in [0.4, 0.5) is 5.13 Å². The summed E-state index contributed by atoms with van der Waals surface area (Å²) in [5, 5.41) is 9.10. The summed E-state index contributed by atoms with van der Waals surface area (Å²) in [7, 11) is 0. The van der Waals surface area contributed by atoms with E-state index in [1.807, 2.05) is 6.07 Å². The minimum atomic E-state index is -0.298. The molecule has 0 saturated carbocycles. The molecule has 4 aromatic rings. The number of benzene rings is 1. The zero-order chi connectivity index (χ0) is 21.3. The van der Waals surface area contributed by atoms with Gasteiger partial charge in [-0.3, -0.25) is 19.9 Å². The Morgan fingerprint density at radius 3 is 2.80 bits per heavy atom. The van der Waals surface area contributed by atoms with Crippen molar-refractivity contribution in [1.82, 2.24) is 15.3 Å². The first kappa shape index (κ1) is 20.1. The molecule has 0 aliphatic carbocycles. The van der Waals surface area contributed by atoms with E-state index in [1.165, 1.54) is 18.3 Å². The number of hydrogen-bond donors (Lipinski definition) is 2. The van der Waals surface area contributed by atoms with E-state index in [0.717, 1.165) is 10.9 Å². The number of anilines is 1. The first-order chi connectivity index (χ1) is 14.4. The number of fused-ring (bicyclic) bond motifs is 1. The van der Waals surface area contributed by atoms with Gasteiger partial charge in [0.1, 0.15) is 11.5 Å². The average molecular weight is 441 g/mol. The number of thiazole rings is 1. The second-order valence-corrected chi connectivity index (χ2v) is 7.92. The molecule has 152 valence electrons. The van der Waals surface area contributed by atoms with Gasteiger partial charge in [0.25, 0.3) is 5.91 Å². The highest BCUT2D eigenvalue weighted by Crippen LogP contribution is 2.27. The Balaban J connectivity index is 1.51. The molecule has 0 unspecified atom stereocenters. The van der Waals surface area contributed by atoms with E-state index in [4.69, 9.17) is 16.0 Å². The number of hydrogen-bond acceptors (Lipinski definition) is 6. The molecule has 0 bridgehead atoms. The average Bonchev–Trinajstić information content (AvgIpc) is 3.35. The van der Waals surface area contributed by atoms with Gasteiger partial charge in [-0.15, -0.1) is 11.3 Å². The van der Waals surface area contributed by atoms with Gasteiger partial charge < -0.3 is 9.73 Å². The minimum Gasteiger partial charge on any atom is -0.458 e. The summed E-state index contributed by atoms with van der Waals surface area (Å²) >= 11 is 7.34. The molecule has 0 saturated heterocycles. The van der Waals surface area contributed by atoms with Gasteiger partial charge in [0.05, 0.1) is 23.3 Å². The van der Waals surface area contributed by atoms with Crippen LogP contribution in [0.1, 0.15) is 28.7 Å². The Labute approximate surface area is 181 Å². The van der Waals surface area contributed by atoms with Crippen molar-refractivity contribution in [1.29, 1.82) is 0 Å². The van der Waals surface area contributed by atoms with Gasteiger partial charge in [0, 0.05) is 22.7 Å². The summed E-state index contributed by atoms with van der Waals surface area (Å²) in [6.45, 7) is 3.54. The number of nitrogens with zero attached hydrogens (tertiary/aromatic N) is 2. The lowest BCUT2D eigenvalue weighted by atomic mass is 10.1. The fourth-order valence-corrected chi connectivity index (χ4v) is 3.78. The maximum absolute atomic E-state index is 12.8. The highest BCUT2D eigenvalue weighted by Gasteiger charge is 2.15. The van der Waals surface area contributed by atoms with Crippen LogP contribution in [0.5, 0.6) is 0 Å². The second-order valence-electron chi connectivity index (χ2n) is 6.63. The summed E-state index contributed by atoms with van der Waals surface area (Å²) in [5.74, 6) is 0.751. The third kappa shape index (κ3) is 4.34. The van der Waals surface area contributed by atoms with E-state index in [1.54, 1.807) is 42.6 Å². The van der Waals surface area contributed by atoms with Crippen LogP contribution in [-0.4, -0.2) is 21.8 Å². The number of carbonyl (C=O) groups is 2. The van der Waals surface area contributed by atoms with Gasteiger partial charge in [-0.2, -0.15) is 0 Å². The molecule has 3 heterocycles. The largest absolute Gasteiger partial charge is 0.458 e. The molecule has 3 aromatic heterocycles. The summed E-state index contributed by atoms with van der Waals surface area (Å²) in [6.07, 6.45) is 0. The molecule has 0 radical (unpaired) electrons. The number of halogens is 1. The van der Waals surface area contributed by atoms with Gasteiger partial charge in [0.2, 0.25) is 5.91 Å². The summed E-state index contributed by atoms with van der Waals surface area (Å²) in [5.41, 5.74) is 2.45. The highest BCUT2D eigenvalue weighted by molar-refractivity contribution is 7.14. The quantitative estimate of drug-likeness (QED) is 0.464. The molecule has 0 spiro atoms. The van der Waals surface area contributed by atoms with Crippen LogP contribution in [0.25, 0.3) is 22.4 Å².